The number of nitrogens with zero attached hydrogens (tertiary/aromatic N) is 3. The third kappa shape index (κ3) is 3.63. The molecule has 0 atom stereocenters. The first-order chi connectivity index (χ1) is 13.5. The van der Waals surface area contributed by atoms with Crippen LogP contribution < -0.4 is 5.56 Å². The Morgan fingerprint density at radius 1 is 1.11 bits per heavy atom. The van der Waals surface area contributed by atoms with Gasteiger partial charge in [-0.1, -0.05) is 29.4 Å². The molecule has 4 aromatic rings. The van der Waals surface area contributed by atoms with Crippen molar-refractivity contribution in [2.75, 3.05) is 0 Å². The Kier molecular flexibility index (Phi) is 5.11. The van der Waals surface area contributed by atoms with E-state index in [9.17, 15) is 13.6 Å². The molecule has 2 aromatic carbocycles. The van der Waals surface area contributed by atoms with E-state index in [1.807, 2.05) is 6.07 Å². The number of benzene rings is 2. The maximum atomic E-state index is 14.5. The molecule has 2 heterocycles. The highest BCUT2D eigenvalue weighted by molar-refractivity contribution is 7.98. The molecule has 8 heteroatoms. The Morgan fingerprint density at radius 2 is 1.96 bits per heavy atom. The van der Waals surface area contributed by atoms with Crippen LogP contribution in [0.2, 0.25) is 5.02 Å². The molecular formula is C20H12ClF2N3OS. The second kappa shape index (κ2) is 7.69. The van der Waals surface area contributed by atoms with Crippen molar-refractivity contribution in [3.05, 3.63) is 93.5 Å². The fourth-order valence-corrected chi connectivity index (χ4v) is 3.85. The van der Waals surface area contributed by atoms with Gasteiger partial charge in [0.1, 0.15) is 11.6 Å². The maximum Gasteiger partial charge on any atom is 0.266 e. The van der Waals surface area contributed by atoms with Crippen molar-refractivity contribution in [3.63, 3.8) is 0 Å². The van der Waals surface area contributed by atoms with Crippen LogP contribution in [-0.2, 0) is 5.75 Å². The van der Waals surface area contributed by atoms with E-state index in [2.05, 4.69) is 9.97 Å². The highest BCUT2D eigenvalue weighted by atomic mass is 35.5. The summed E-state index contributed by atoms with van der Waals surface area (Å²) in [5.41, 5.74) is 0.812. The molecular weight excluding hydrogens is 404 g/mol. The third-order valence-corrected chi connectivity index (χ3v) is 5.29. The van der Waals surface area contributed by atoms with E-state index in [0.717, 1.165) is 22.3 Å². The molecule has 0 aliphatic heterocycles. The lowest BCUT2D eigenvalue weighted by Crippen LogP contribution is -2.22. The van der Waals surface area contributed by atoms with E-state index in [4.69, 9.17) is 11.6 Å². The zero-order valence-corrected chi connectivity index (χ0v) is 15.8. The second-order valence-electron chi connectivity index (χ2n) is 5.94. The SMILES string of the molecule is O=c1c2cc(Cl)ccc2nc(SCc2cccnc2)n1-c1ccc(F)cc1F. The molecule has 0 fully saturated rings. The van der Waals surface area contributed by atoms with Crippen LogP contribution in [0.5, 0.6) is 0 Å². The number of aromatic nitrogens is 3. The van der Waals surface area contributed by atoms with E-state index in [1.54, 1.807) is 30.6 Å². The first kappa shape index (κ1) is 18.6. The molecule has 28 heavy (non-hydrogen) atoms. The van der Waals surface area contributed by atoms with E-state index in [0.29, 0.717) is 16.3 Å². The number of fused-ring (bicyclic) bond motifs is 1. The predicted octanol–water partition coefficient (Wildman–Crippen LogP) is 5.00. The van der Waals surface area contributed by atoms with Crippen LogP contribution in [0.1, 0.15) is 5.56 Å². The Balaban J connectivity index is 1.91. The minimum absolute atomic E-state index is 0.0746. The minimum atomic E-state index is -0.853. The first-order valence-corrected chi connectivity index (χ1v) is 9.59. The van der Waals surface area contributed by atoms with Crippen molar-refractivity contribution in [2.24, 2.45) is 0 Å². The topological polar surface area (TPSA) is 47.8 Å². The van der Waals surface area contributed by atoms with E-state index >= 15 is 0 Å². The van der Waals surface area contributed by atoms with E-state index < -0.39 is 17.2 Å². The fourth-order valence-electron chi connectivity index (χ4n) is 2.74. The maximum absolute atomic E-state index is 14.5. The molecule has 140 valence electrons. The summed E-state index contributed by atoms with van der Waals surface area (Å²) in [5, 5.41) is 0.907. The van der Waals surface area contributed by atoms with Gasteiger partial charge in [0.05, 0.1) is 16.6 Å². The summed E-state index contributed by atoms with van der Waals surface area (Å²) in [6.07, 6.45) is 3.37. The summed E-state index contributed by atoms with van der Waals surface area (Å²) in [5.74, 6) is -1.11. The Bertz CT molecular complexity index is 1230. The molecule has 4 rings (SSSR count). The normalized spacial score (nSPS) is 11.1. The van der Waals surface area contributed by atoms with Crippen LogP contribution in [0.3, 0.4) is 0 Å². The average molecular weight is 416 g/mol. The summed E-state index contributed by atoms with van der Waals surface area (Å²) in [6, 6.07) is 11.5. The number of hydrogen-bond donors (Lipinski definition) is 0. The van der Waals surface area contributed by atoms with Crippen molar-refractivity contribution >= 4 is 34.3 Å². The average Bonchev–Trinajstić information content (AvgIpc) is 2.69. The highest BCUT2D eigenvalue weighted by Crippen LogP contribution is 2.26. The van der Waals surface area contributed by atoms with Crippen molar-refractivity contribution in [1.82, 2.24) is 14.5 Å². The lowest BCUT2D eigenvalue weighted by atomic mass is 10.2. The summed E-state index contributed by atoms with van der Waals surface area (Å²) in [4.78, 5) is 21.7. The van der Waals surface area contributed by atoms with Gasteiger partial charge in [0.15, 0.2) is 5.16 Å². The van der Waals surface area contributed by atoms with Crippen LogP contribution in [0.25, 0.3) is 16.6 Å². The summed E-state index contributed by atoms with van der Waals surface area (Å²) in [6.45, 7) is 0. The molecule has 0 radical (unpaired) electrons. The number of rotatable bonds is 4. The van der Waals surface area contributed by atoms with E-state index in [-0.39, 0.29) is 16.2 Å². The highest BCUT2D eigenvalue weighted by Gasteiger charge is 2.17. The van der Waals surface area contributed by atoms with Crippen molar-refractivity contribution < 1.29 is 8.78 Å². The molecule has 0 saturated heterocycles. The molecule has 2 aromatic heterocycles. The van der Waals surface area contributed by atoms with Crippen molar-refractivity contribution in [3.8, 4) is 5.69 Å². The summed E-state index contributed by atoms with van der Waals surface area (Å²) < 4.78 is 29.0. The Morgan fingerprint density at radius 3 is 2.71 bits per heavy atom. The van der Waals surface area contributed by atoms with Crippen LogP contribution in [-0.4, -0.2) is 14.5 Å². The van der Waals surface area contributed by atoms with Gasteiger partial charge in [-0.2, -0.15) is 0 Å². The third-order valence-electron chi connectivity index (χ3n) is 4.04. The predicted molar refractivity (Wildman–Crippen MR) is 106 cm³/mol. The molecule has 4 nitrogen and oxygen atoms in total. The van der Waals surface area contributed by atoms with Gasteiger partial charge < -0.3 is 0 Å². The number of thioether (sulfide) groups is 1. The molecule has 0 saturated carbocycles. The first-order valence-electron chi connectivity index (χ1n) is 8.22. The monoisotopic (exact) mass is 415 g/mol. The molecule has 0 spiro atoms. The molecule has 0 amide bonds. The number of hydrogen-bond acceptors (Lipinski definition) is 4. The van der Waals surface area contributed by atoms with Gasteiger partial charge in [0.25, 0.3) is 5.56 Å². The van der Waals surface area contributed by atoms with Gasteiger partial charge in [-0.3, -0.25) is 14.3 Å². The van der Waals surface area contributed by atoms with Crippen molar-refractivity contribution in [2.45, 2.75) is 10.9 Å². The quantitative estimate of drug-likeness (QED) is 0.347. The standard InChI is InChI=1S/C20H12ClF2N3OS/c21-13-3-5-17-15(8-13)19(27)26(18-6-4-14(22)9-16(18)23)20(25-17)28-11-12-2-1-7-24-10-12/h1-10H,11H2. The van der Waals surface area contributed by atoms with Gasteiger partial charge in [0.2, 0.25) is 0 Å². The van der Waals surface area contributed by atoms with Gasteiger partial charge in [0, 0.05) is 29.2 Å². The Hall–Kier alpha value is -2.77. The summed E-state index contributed by atoms with van der Waals surface area (Å²) in [7, 11) is 0. The van der Waals surface area contributed by atoms with Gasteiger partial charge in [-0.25, -0.2) is 13.8 Å². The van der Waals surface area contributed by atoms with Gasteiger partial charge in [-0.15, -0.1) is 0 Å². The number of halogens is 3. The zero-order valence-electron chi connectivity index (χ0n) is 14.3. The zero-order chi connectivity index (χ0) is 19.7. The van der Waals surface area contributed by atoms with Crippen LogP contribution in [0.4, 0.5) is 8.78 Å². The van der Waals surface area contributed by atoms with Gasteiger partial charge >= 0.3 is 0 Å². The van der Waals surface area contributed by atoms with Crippen LogP contribution >= 0.6 is 23.4 Å². The number of pyridine rings is 1. The lowest BCUT2D eigenvalue weighted by molar-refractivity contribution is 0.572. The second-order valence-corrected chi connectivity index (χ2v) is 7.32. The molecule has 0 aliphatic carbocycles. The lowest BCUT2D eigenvalue weighted by Gasteiger charge is -2.14. The van der Waals surface area contributed by atoms with E-state index in [1.165, 1.54) is 23.9 Å². The minimum Gasteiger partial charge on any atom is -0.268 e. The molecule has 0 bridgehead atoms. The summed E-state index contributed by atoms with van der Waals surface area (Å²) >= 11 is 7.27. The largest absolute Gasteiger partial charge is 0.268 e. The molecule has 0 aliphatic rings. The van der Waals surface area contributed by atoms with Crippen LogP contribution in [0.15, 0.2) is 70.9 Å². The van der Waals surface area contributed by atoms with Gasteiger partial charge in [-0.05, 0) is 42.0 Å². The van der Waals surface area contributed by atoms with Crippen LogP contribution in [0, 0.1) is 11.6 Å². The fraction of sp³-hybridized carbons (Fsp3) is 0.0500. The molecule has 0 unspecified atom stereocenters. The smallest absolute Gasteiger partial charge is 0.266 e. The molecule has 0 N–H and O–H groups in total. The van der Waals surface area contributed by atoms with Crippen molar-refractivity contribution in [1.29, 1.82) is 0 Å². The Labute approximate surface area is 167 Å².